The Labute approximate surface area is 185 Å². The van der Waals surface area contributed by atoms with E-state index in [4.69, 9.17) is 10.5 Å². The lowest BCUT2D eigenvalue weighted by Gasteiger charge is -2.23. The first kappa shape index (κ1) is 20.5. The molecule has 31 heavy (non-hydrogen) atoms. The Kier molecular flexibility index (Phi) is 6.18. The van der Waals surface area contributed by atoms with Gasteiger partial charge >= 0.3 is 0 Å². The highest BCUT2D eigenvalue weighted by Crippen LogP contribution is 2.20. The zero-order valence-electron chi connectivity index (χ0n) is 16.9. The minimum Gasteiger partial charge on any atom is -0.382 e. The monoisotopic (exact) mass is 425 g/mol. The van der Waals surface area contributed by atoms with Gasteiger partial charge in [-0.1, -0.05) is 30.3 Å². The summed E-state index contributed by atoms with van der Waals surface area (Å²) in [4.78, 5) is 33.6. The van der Waals surface area contributed by atoms with Crippen molar-refractivity contribution in [3.8, 4) is 11.3 Å². The van der Waals surface area contributed by atoms with Gasteiger partial charge in [0.25, 0.3) is 11.8 Å². The van der Waals surface area contributed by atoms with Gasteiger partial charge in [-0.15, -0.1) is 0 Å². The molecule has 0 unspecified atom stereocenters. The smallest absolute Gasteiger partial charge is 0.278 e. The van der Waals surface area contributed by atoms with Crippen molar-refractivity contribution in [3.05, 3.63) is 72.1 Å². The molecule has 1 aliphatic rings. The van der Waals surface area contributed by atoms with Crippen LogP contribution in [-0.2, 0) is 4.74 Å². The van der Waals surface area contributed by atoms with Crippen LogP contribution in [0, 0.1) is 0 Å². The summed E-state index contributed by atoms with van der Waals surface area (Å²) in [5, 5.41) is 5.79. The maximum atomic E-state index is 12.6. The van der Waals surface area contributed by atoms with Crippen molar-refractivity contribution in [1.29, 1.82) is 0 Å². The van der Waals surface area contributed by atoms with Gasteiger partial charge in [0, 0.05) is 41.8 Å². The molecule has 1 saturated heterocycles. The van der Waals surface area contributed by atoms with Crippen LogP contribution in [0.5, 0.6) is 0 Å². The minimum absolute atomic E-state index is 0. The highest BCUT2D eigenvalue weighted by molar-refractivity contribution is 6.06. The number of nitrogen functional groups attached to an aromatic ring is 1. The predicted octanol–water partition coefficient (Wildman–Crippen LogP) is 3.87. The Morgan fingerprint density at radius 2 is 1.71 bits per heavy atom. The van der Waals surface area contributed by atoms with Crippen molar-refractivity contribution in [2.45, 2.75) is 18.9 Å². The molecule has 0 saturated carbocycles. The molecule has 2 amide bonds. The Morgan fingerprint density at radius 1 is 1.00 bits per heavy atom. The van der Waals surface area contributed by atoms with Crippen molar-refractivity contribution >= 4 is 23.3 Å². The SMILES string of the molecule is Nc1ncc(-c2ccc(C(=O)NC3CCOCC3)cc2)nc1C(=O)Nc1ccccc1.[HH].[HH].[HH].[HH]. The Balaban J connectivity index is 0.00000289. The summed E-state index contributed by atoms with van der Waals surface area (Å²) in [6.45, 7) is 1.33. The van der Waals surface area contributed by atoms with Gasteiger partial charge in [0.2, 0.25) is 0 Å². The Bertz CT molecular complexity index is 1080. The summed E-state index contributed by atoms with van der Waals surface area (Å²) in [7, 11) is 0. The second-order valence-corrected chi connectivity index (χ2v) is 7.25. The van der Waals surface area contributed by atoms with Crippen LogP contribution >= 0.6 is 0 Å². The minimum atomic E-state index is -0.439. The van der Waals surface area contributed by atoms with Crippen LogP contribution in [0.4, 0.5) is 11.5 Å². The van der Waals surface area contributed by atoms with Crippen LogP contribution in [0.15, 0.2) is 60.8 Å². The number of benzene rings is 2. The van der Waals surface area contributed by atoms with Crippen LogP contribution in [0.1, 0.15) is 39.4 Å². The van der Waals surface area contributed by atoms with Gasteiger partial charge in [-0.25, -0.2) is 9.97 Å². The number of rotatable bonds is 5. The summed E-state index contributed by atoms with van der Waals surface area (Å²) < 4.78 is 5.32. The standard InChI is InChI=1S/C23H23N5O3.4H2/c24-21-20(23(30)27-17-4-2-1-3-5-17)28-19(14-25-21)15-6-8-16(9-7-15)22(29)26-18-10-12-31-13-11-18;;;;/h1-9,14,18H,10-13H2,(H2,24,25)(H,26,29)(H,27,30);4*1H. The molecular weight excluding hydrogens is 394 g/mol. The topological polar surface area (TPSA) is 119 Å². The van der Waals surface area contributed by atoms with Gasteiger partial charge in [0.1, 0.15) is 0 Å². The van der Waals surface area contributed by atoms with Gasteiger partial charge in [0.15, 0.2) is 11.5 Å². The van der Waals surface area contributed by atoms with Crippen LogP contribution < -0.4 is 16.4 Å². The Hall–Kier alpha value is -3.78. The molecule has 0 atom stereocenters. The van der Waals surface area contributed by atoms with Crippen molar-refractivity contribution in [1.82, 2.24) is 15.3 Å². The fourth-order valence-electron chi connectivity index (χ4n) is 3.32. The summed E-state index contributed by atoms with van der Waals surface area (Å²) in [5.41, 5.74) is 8.33. The quantitative estimate of drug-likeness (QED) is 0.571. The number of carbonyl (C=O) groups is 2. The van der Waals surface area contributed by atoms with Crippen molar-refractivity contribution in [3.63, 3.8) is 0 Å². The molecule has 0 spiro atoms. The maximum Gasteiger partial charge on any atom is 0.278 e. The molecule has 4 rings (SSSR count). The number of amides is 2. The number of aromatic nitrogens is 2. The van der Waals surface area contributed by atoms with E-state index in [9.17, 15) is 9.59 Å². The molecule has 8 nitrogen and oxygen atoms in total. The molecule has 166 valence electrons. The number of ether oxygens (including phenoxy) is 1. The van der Waals surface area contributed by atoms with Crippen LogP contribution in [0.25, 0.3) is 11.3 Å². The number of hydrogen-bond donors (Lipinski definition) is 3. The summed E-state index contributed by atoms with van der Waals surface area (Å²) in [6.07, 6.45) is 3.14. The van der Waals surface area contributed by atoms with Crippen molar-refractivity contribution < 1.29 is 20.0 Å². The normalized spacial score (nSPS) is 14.1. The molecule has 0 aliphatic carbocycles. The van der Waals surface area contributed by atoms with E-state index in [1.807, 2.05) is 18.2 Å². The van der Waals surface area contributed by atoms with Gasteiger partial charge < -0.3 is 21.1 Å². The molecule has 4 N–H and O–H groups in total. The average Bonchev–Trinajstić information content (AvgIpc) is 2.81. The first-order chi connectivity index (χ1) is 15.1. The van der Waals surface area contributed by atoms with E-state index in [0.29, 0.717) is 30.2 Å². The lowest BCUT2D eigenvalue weighted by molar-refractivity contribution is 0.0696. The highest BCUT2D eigenvalue weighted by Gasteiger charge is 2.18. The number of nitrogens with two attached hydrogens (primary N) is 1. The molecule has 0 radical (unpaired) electrons. The number of hydrogen-bond acceptors (Lipinski definition) is 6. The molecular formula is C23H31N5O3. The zero-order valence-corrected chi connectivity index (χ0v) is 16.9. The molecule has 1 fully saturated rings. The van der Waals surface area contributed by atoms with Crippen LogP contribution in [0.2, 0.25) is 0 Å². The number of nitrogens with one attached hydrogen (secondary N) is 2. The molecule has 1 aromatic heterocycles. The Morgan fingerprint density at radius 3 is 2.42 bits per heavy atom. The first-order valence-electron chi connectivity index (χ1n) is 10.1. The third-order valence-electron chi connectivity index (χ3n) is 5.05. The number of anilines is 2. The molecule has 2 aromatic carbocycles. The molecule has 0 bridgehead atoms. The molecule has 8 heteroatoms. The van der Waals surface area contributed by atoms with Crippen molar-refractivity contribution in [2.24, 2.45) is 0 Å². The number of para-hydroxylation sites is 1. The predicted molar refractivity (Wildman–Crippen MR) is 126 cm³/mol. The average molecular weight is 426 g/mol. The molecule has 2 heterocycles. The third kappa shape index (κ3) is 5.04. The fraction of sp³-hybridized carbons (Fsp3) is 0.217. The van der Waals surface area contributed by atoms with E-state index >= 15 is 0 Å². The summed E-state index contributed by atoms with van der Waals surface area (Å²) in [6, 6.07) is 16.2. The molecule has 3 aromatic rings. The fourth-order valence-corrected chi connectivity index (χ4v) is 3.32. The number of carbonyl (C=O) groups excluding carboxylic acids is 2. The zero-order chi connectivity index (χ0) is 21.6. The third-order valence-corrected chi connectivity index (χ3v) is 5.05. The van der Waals surface area contributed by atoms with E-state index < -0.39 is 5.91 Å². The van der Waals surface area contributed by atoms with E-state index in [1.165, 1.54) is 6.20 Å². The summed E-state index contributed by atoms with van der Waals surface area (Å²) in [5.74, 6) is -0.514. The second kappa shape index (κ2) is 9.36. The highest BCUT2D eigenvalue weighted by atomic mass is 16.5. The van der Waals surface area contributed by atoms with E-state index in [1.54, 1.807) is 36.4 Å². The lowest BCUT2D eigenvalue weighted by atomic mass is 10.1. The summed E-state index contributed by atoms with van der Waals surface area (Å²) >= 11 is 0. The largest absolute Gasteiger partial charge is 0.382 e. The van der Waals surface area contributed by atoms with Gasteiger partial charge in [-0.2, -0.15) is 0 Å². The van der Waals surface area contributed by atoms with Crippen molar-refractivity contribution in [2.75, 3.05) is 24.3 Å². The van der Waals surface area contributed by atoms with E-state index in [2.05, 4.69) is 20.6 Å². The van der Waals surface area contributed by atoms with Crippen LogP contribution in [0.3, 0.4) is 0 Å². The first-order valence-corrected chi connectivity index (χ1v) is 10.1. The van der Waals surface area contributed by atoms with Gasteiger partial charge in [-0.05, 0) is 37.1 Å². The number of nitrogens with zero attached hydrogens (tertiary/aromatic N) is 2. The van der Waals surface area contributed by atoms with Gasteiger partial charge in [0.05, 0.1) is 11.9 Å². The molecule has 1 aliphatic heterocycles. The lowest BCUT2D eigenvalue weighted by Crippen LogP contribution is -2.38. The van der Waals surface area contributed by atoms with E-state index in [-0.39, 0.29) is 29.2 Å². The van der Waals surface area contributed by atoms with Crippen LogP contribution in [-0.4, -0.2) is 41.0 Å². The van der Waals surface area contributed by atoms with Gasteiger partial charge in [-0.3, -0.25) is 9.59 Å². The van der Waals surface area contributed by atoms with E-state index in [0.717, 1.165) is 18.4 Å². The maximum absolute atomic E-state index is 12.6. The second-order valence-electron chi connectivity index (χ2n) is 7.25.